The van der Waals surface area contributed by atoms with Crippen LogP contribution in [0, 0.1) is 5.82 Å². The number of methoxy groups -OCH3 is 1. The molecule has 2 heterocycles. The van der Waals surface area contributed by atoms with E-state index in [-0.39, 0.29) is 10.6 Å². The number of ether oxygens (including phenoxy) is 2. The lowest BCUT2D eigenvalue weighted by Crippen LogP contribution is -2.50. The maximum Gasteiger partial charge on any atom is 0.337 e. The van der Waals surface area contributed by atoms with E-state index in [1.807, 2.05) is 42.5 Å². The Morgan fingerprint density at radius 2 is 1.97 bits per heavy atom. The van der Waals surface area contributed by atoms with E-state index in [4.69, 9.17) is 21.1 Å². The molecule has 4 unspecified atom stereocenters. The number of carbonyl (C=O) groups is 1. The molecule has 2 bridgehead atoms. The monoisotopic (exact) mass is 543 g/mol. The molecule has 0 saturated heterocycles. The SMILES string of the molecule is CCN(CC)CCNC(O)C1=C(C(=O)OC)C2(C(Cc3ccccc3)Nc3cc(F)cc(Cl)c3)C=CC1O2. The van der Waals surface area contributed by atoms with Gasteiger partial charge < -0.3 is 24.8 Å². The van der Waals surface area contributed by atoms with E-state index >= 15 is 0 Å². The normalized spacial score (nSPS) is 21.7. The van der Waals surface area contributed by atoms with Crippen molar-refractivity contribution in [2.24, 2.45) is 0 Å². The summed E-state index contributed by atoms with van der Waals surface area (Å²) in [5.41, 5.74) is 0.838. The molecule has 0 aliphatic carbocycles. The number of hydrogen-bond donors (Lipinski definition) is 3. The molecule has 204 valence electrons. The number of benzene rings is 2. The summed E-state index contributed by atoms with van der Waals surface area (Å²) in [6, 6.07) is 13.4. The molecule has 0 saturated carbocycles. The molecule has 0 aromatic heterocycles. The molecule has 4 rings (SSSR count). The van der Waals surface area contributed by atoms with Gasteiger partial charge in [0.1, 0.15) is 23.8 Å². The summed E-state index contributed by atoms with van der Waals surface area (Å²) in [6.45, 7) is 7.25. The van der Waals surface area contributed by atoms with Gasteiger partial charge in [-0.3, -0.25) is 5.32 Å². The van der Waals surface area contributed by atoms with Crippen molar-refractivity contribution in [2.45, 2.75) is 44.2 Å². The van der Waals surface area contributed by atoms with Crippen molar-refractivity contribution in [2.75, 3.05) is 38.6 Å². The summed E-state index contributed by atoms with van der Waals surface area (Å²) in [4.78, 5) is 15.5. The zero-order valence-electron chi connectivity index (χ0n) is 21.9. The number of hydrogen-bond acceptors (Lipinski definition) is 7. The Hall–Kier alpha value is -2.75. The van der Waals surface area contributed by atoms with E-state index < -0.39 is 35.8 Å². The van der Waals surface area contributed by atoms with Gasteiger partial charge in [0.15, 0.2) is 0 Å². The molecule has 0 spiro atoms. The first-order valence-corrected chi connectivity index (χ1v) is 13.3. The number of rotatable bonds is 13. The van der Waals surface area contributed by atoms with Crippen LogP contribution in [-0.2, 0) is 20.7 Å². The predicted molar refractivity (Wildman–Crippen MR) is 147 cm³/mol. The number of anilines is 1. The first kappa shape index (κ1) is 28.3. The Bertz CT molecular complexity index is 1170. The van der Waals surface area contributed by atoms with Crippen molar-refractivity contribution < 1.29 is 23.8 Å². The second-order valence-corrected chi connectivity index (χ2v) is 9.88. The largest absolute Gasteiger partial charge is 0.466 e. The minimum atomic E-state index is -1.26. The van der Waals surface area contributed by atoms with E-state index in [0.717, 1.165) is 25.2 Å². The van der Waals surface area contributed by atoms with Crippen molar-refractivity contribution in [1.82, 2.24) is 10.2 Å². The standard InChI is InChI=1S/C29H35ClFN3O4/c1-4-34(5-2)14-13-32-27(35)25-23-11-12-29(38-23,26(25)28(36)37-3)24(15-19-9-7-6-8-10-19)33-22-17-20(30)16-21(31)18-22/h6-12,16-18,23-24,27,32-33,35H,4-5,13-15H2,1-3H3. The van der Waals surface area contributed by atoms with E-state index in [0.29, 0.717) is 24.2 Å². The summed E-state index contributed by atoms with van der Waals surface area (Å²) < 4.78 is 25.9. The Kier molecular flexibility index (Phi) is 9.23. The van der Waals surface area contributed by atoms with Crippen LogP contribution in [0.25, 0.3) is 0 Å². The van der Waals surface area contributed by atoms with Gasteiger partial charge in [0.25, 0.3) is 0 Å². The molecule has 2 aliphatic rings. The highest BCUT2D eigenvalue weighted by molar-refractivity contribution is 6.30. The van der Waals surface area contributed by atoms with Crippen LogP contribution in [0.3, 0.4) is 0 Å². The number of esters is 1. The topological polar surface area (TPSA) is 83.1 Å². The second-order valence-electron chi connectivity index (χ2n) is 9.44. The van der Waals surface area contributed by atoms with E-state index in [1.165, 1.54) is 19.2 Å². The van der Waals surface area contributed by atoms with E-state index in [2.05, 4.69) is 29.4 Å². The third kappa shape index (κ3) is 5.95. The van der Waals surface area contributed by atoms with Gasteiger partial charge >= 0.3 is 5.97 Å². The van der Waals surface area contributed by atoms with Gasteiger partial charge in [0.2, 0.25) is 0 Å². The average molecular weight is 544 g/mol. The van der Waals surface area contributed by atoms with Gasteiger partial charge in [-0.2, -0.15) is 0 Å². The molecule has 0 amide bonds. The van der Waals surface area contributed by atoms with Crippen LogP contribution >= 0.6 is 11.6 Å². The summed E-state index contributed by atoms with van der Waals surface area (Å²) in [6.07, 6.45) is 2.38. The molecule has 38 heavy (non-hydrogen) atoms. The molecule has 9 heteroatoms. The predicted octanol–water partition coefficient (Wildman–Crippen LogP) is 3.93. The number of nitrogens with zero attached hydrogens (tertiary/aromatic N) is 1. The maximum absolute atomic E-state index is 14.2. The van der Waals surface area contributed by atoms with Crippen LogP contribution in [0.1, 0.15) is 19.4 Å². The lowest BCUT2D eigenvalue weighted by atomic mass is 9.78. The van der Waals surface area contributed by atoms with Crippen molar-refractivity contribution in [3.8, 4) is 0 Å². The van der Waals surface area contributed by atoms with Gasteiger partial charge in [-0.25, -0.2) is 9.18 Å². The average Bonchev–Trinajstić information content (AvgIpc) is 3.49. The van der Waals surface area contributed by atoms with Gasteiger partial charge in [0.05, 0.1) is 18.7 Å². The second kappa shape index (κ2) is 12.4. The van der Waals surface area contributed by atoms with E-state index in [1.54, 1.807) is 6.07 Å². The quantitative estimate of drug-likeness (QED) is 0.201. The molecule has 2 aliphatic heterocycles. The maximum atomic E-state index is 14.2. The molecule has 0 radical (unpaired) electrons. The number of likely N-dealkylation sites (N-methyl/N-ethyl adjacent to an activating group) is 1. The smallest absolute Gasteiger partial charge is 0.337 e. The van der Waals surface area contributed by atoms with Crippen LogP contribution < -0.4 is 10.6 Å². The Morgan fingerprint density at radius 1 is 1.24 bits per heavy atom. The Morgan fingerprint density at radius 3 is 2.63 bits per heavy atom. The van der Waals surface area contributed by atoms with Crippen LogP contribution in [0.5, 0.6) is 0 Å². The van der Waals surface area contributed by atoms with Crippen LogP contribution in [0.15, 0.2) is 71.8 Å². The minimum Gasteiger partial charge on any atom is -0.466 e. The van der Waals surface area contributed by atoms with Crippen LogP contribution in [-0.4, -0.2) is 73.2 Å². The minimum absolute atomic E-state index is 0.242. The van der Waals surface area contributed by atoms with Crippen molar-refractivity contribution >= 4 is 23.3 Å². The molecule has 3 N–H and O–H groups in total. The molecule has 2 aromatic rings. The number of halogens is 2. The Balaban J connectivity index is 1.71. The highest BCUT2D eigenvalue weighted by Crippen LogP contribution is 2.48. The lowest BCUT2D eigenvalue weighted by Gasteiger charge is -2.36. The summed E-state index contributed by atoms with van der Waals surface area (Å²) >= 11 is 6.13. The fraction of sp³-hybridized carbons (Fsp3) is 0.414. The highest BCUT2D eigenvalue weighted by atomic mass is 35.5. The summed E-state index contributed by atoms with van der Waals surface area (Å²) in [7, 11) is 1.31. The van der Waals surface area contributed by atoms with Crippen LogP contribution in [0.2, 0.25) is 5.02 Å². The van der Waals surface area contributed by atoms with Crippen molar-refractivity contribution in [3.63, 3.8) is 0 Å². The number of aliphatic hydroxyl groups excluding tert-OH is 1. The molecular formula is C29H35ClFN3O4. The number of aliphatic hydroxyl groups is 1. The van der Waals surface area contributed by atoms with Crippen LogP contribution in [0.4, 0.5) is 10.1 Å². The first-order valence-electron chi connectivity index (χ1n) is 12.9. The molecule has 4 atom stereocenters. The molecule has 2 aromatic carbocycles. The summed E-state index contributed by atoms with van der Waals surface area (Å²) in [5.74, 6) is -1.08. The lowest BCUT2D eigenvalue weighted by molar-refractivity contribution is -0.138. The highest BCUT2D eigenvalue weighted by Gasteiger charge is 2.57. The zero-order chi connectivity index (χ0) is 27.3. The van der Waals surface area contributed by atoms with Gasteiger partial charge in [-0.15, -0.1) is 0 Å². The fourth-order valence-electron chi connectivity index (χ4n) is 5.25. The first-order chi connectivity index (χ1) is 18.3. The van der Waals surface area contributed by atoms with Crippen molar-refractivity contribution in [3.05, 3.63) is 88.2 Å². The number of carbonyl (C=O) groups excluding carboxylic acids is 1. The number of nitrogens with one attached hydrogen (secondary N) is 2. The molecule has 7 nitrogen and oxygen atoms in total. The zero-order valence-corrected chi connectivity index (χ0v) is 22.7. The van der Waals surface area contributed by atoms with Gasteiger partial charge in [-0.05, 0) is 49.3 Å². The summed E-state index contributed by atoms with van der Waals surface area (Å²) in [5, 5.41) is 17.9. The Labute approximate surface area is 228 Å². The van der Waals surface area contributed by atoms with Crippen molar-refractivity contribution in [1.29, 1.82) is 0 Å². The fourth-order valence-corrected chi connectivity index (χ4v) is 5.47. The van der Waals surface area contributed by atoms with E-state index in [9.17, 15) is 14.3 Å². The molecular weight excluding hydrogens is 509 g/mol. The van der Waals surface area contributed by atoms with Gasteiger partial charge in [0, 0.05) is 29.4 Å². The molecule has 0 fully saturated rings. The third-order valence-corrected chi connectivity index (χ3v) is 7.39. The third-order valence-electron chi connectivity index (χ3n) is 7.17. The number of fused-ring (bicyclic) bond motifs is 2. The van der Waals surface area contributed by atoms with Gasteiger partial charge in [-0.1, -0.05) is 61.9 Å².